The molecule has 1 unspecified atom stereocenters. The minimum Gasteiger partial charge on any atom is -0.493 e. The van der Waals surface area contributed by atoms with Crippen LogP contribution in [0.4, 0.5) is 11.4 Å². The van der Waals surface area contributed by atoms with Crippen molar-refractivity contribution >= 4 is 40.9 Å². The number of thioether (sulfide) groups is 1. The number of amides is 3. The Morgan fingerprint density at radius 3 is 2.19 bits per heavy atom. The molecular formula is C23H25N3O5S. The lowest BCUT2D eigenvalue weighted by Crippen LogP contribution is -2.50. The standard InChI is InChI=1S/C23H25N3O5S/c1-12(27)24-13-6-8-14(9-7-13)25-20(28)19-23(2,3)32-22-15-10-11-16(30-4)18(31-5)17(15)21(29)26(19)22/h6-11,19,22H,1-5H3,(H,24,27)(H,25,28)/t19-,22?/m1/s1. The van der Waals surface area contributed by atoms with Crippen molar-refractivity contribution in [2.45, 2.75) is 36.9 Å². The predicted molar refractivity (Wildman–Crippen MR) is 123 cm³/mol. The molecule has 3 amide bonds. The van der Waals surface area contributed by atoms with Gasteiger partial charge < -0.3 is 25.0 Å². The van der Waals surface area contributed by atoms with E-state index in [0.29, 0.717) is 28.4 Å². The number of benzene rings is 2. The second kappa shape index (κ2) is 8.05. The van der Waals surface area contributed by atoms with Gasteiger partial charge in [0.15, 0.2) is 11.5 Å². The number of nitrogens with one attached hydrogen (secondary N) is 2. The summed E-state index contributed by atoms with van der Waals surface area (Å²) in [5.74, 6) is 0.168. The second-order valence-corrected chi connectivity index (χ2v) is 9.94. The predicted octanol–water partition coefficient (Wildman–Crippen LogP) is 3.65. The van der Waals surface area contributed by atoms with Gasteiger partial charge in [-0.2, -0.15) is 0 Å². The van der Waals surface area contributed by atoms with Crippen molar-refractivity contribution in [1.29, 1.82) is 0 Å². The lowest BCUT2D eigenvalue weighted by molar-refractivity contribution is -0.121. The lowest BCUT2D eigenvalue weighted by atomic mass is 10.0. The number of carbonyl (C=O) groups is 3. The summed E-state index contributed by atoms with van der Waals surface area (Å²) in [6.07, 6.45) is 0. The van der Waals surface area contributed by atoms with Crippen LogP contribution in [0.2, 0.25) is 0 Å². The maximum atomic E-state index is 13.5. The van der Waals surface area contributed by atoms with Crippen molar-refractivity contribution in [2.24, 2.45) is 0 Å². The van der Waals surface area contributed by atoms with E-state index in [9.17, 15) is 14.4 Å². The highest BCUT2D eigenvalue weighted by Crippen LogP contribution is 2.58. The molecule has 8 nitrogen and oxygen atoms in total. The molecule has 0 radical (unpaired) electrons. The maximum absolute atomic E-state index is 13.5. The fourth-order valence-electron chi connectivity index (χ4n) is 4.31. The Balaban J connectivity index is 1.63. The smallest absolute Gasteiger partial charge is 0.260 e. The number of anilines is 2. The lowest BCUT2D eigenvalue weighted by Gasteiger charge is -2.29. The third-order valence-electron chi connectivity index (χ3n) is 5.62. The molecule has 4 rings (SSSR count). The summed E-state index contributed by atoms with van der Waals surface area (Å²) in [4.78, 5) is 39.7. The number of hydrogen-bond donors (Lipinski definition) is 2. The van der Waals surface area contributed by atoms with E-state index in [0.717, 1.165) is 5.56 Å². The molecule has 0 spiro atoms. The minimum atomic E-state index is -0.692. The zero-order valence-electron chi connectivity index (χ0n) is 18.5. The van der Waals surface area contributed by atoms with E-state index in [1.165, 1.54) is 21.1 Å². The van der Waals surface area contributed by atoms with Crippen LogP contribution in [0, 0.1) is 0 Å². The number of rotatable bonds is 5. The number of fused-ring (bicyclic) bond motifs is 3. The Labute approximate surface area is 190 Å². The Morgan fingerprint density at radius 1 is 1.00 bits per heavy atom. The van der Waals surface area contributed by atoms with Crippen LogP contribution in [0.3, 0.4) is 0 Å². The molecule has 0 saturated carbocycles. The van der Waals surface area contributed by atoms with Crippen LogP contribution in [0.1, 0.15) is 42.1 Å². The van der Waals surface area contributed by atoms with Gasteiger partial charge in [0.25, 0.3) is 5.91 Å². The van der Waals surface area contributed by atoms with Gasteiger partial charge in [0.2, 0.25) is 11.8 Å². The van der Waals surface area contributed by atoms with Crippen LogP contribution in [0.25, 0.3) is 0 Å². The van der Waals surface area contributed by atoms with Crippen molar-refractivity contribution in [3.63, 3.8) is 0 Å². The highest BCUT2D eigenvalue weighted by molar-refractivity contribution is 8.01. The van der Waals surface area contributed by atoms with Crippen LogP contribution < -0.4 is 20.1 Å². The van der Waals surface area contributed by atoms with Crippen molar-refractivity contribution in [3.8, 4) is 11.5 Å². The van der Waals surface area contributed by atoms with Crippen molar-refractivity contribution in [1.82, 2.24) is 4.90 Å². The molecule has 2 aromatic carbocycles. The first-order valence-corrected chi connectivity index (χ1v) is 11.0. The van der Waals surface area contributed by atoms with Crippen molar-refractivity contribution < 1.29 is 23.9 Å². The molecule has 2 aliphatic heterocycles. The summed E-state index contributed by atoms with van der Waals surface area (Å²) in [6.45, 7) is 5.36. The molecule has 9 heteroatoms. The highest BCUT2D eigenvalue weighted by atomic mass is 32.2. The van der Waals surface area contributed by atoms with Crippen LogP contribution >= 0.6 is 11.8 Å². The van der Waals surface area contributed by atoms with E-state index in [4.69, 9.17) is 9.47 Å². The van der Waals surface area contributed by atoms with Gasteiger partial charge in [-0.3, -0.25) is 14.4 Å². The largest absolute Gasteiger partial charge is 0.493 e. The first kappa shape index (κ1) is 22.0. The topological polar surface area (TPSA) is 97.0 Å². The van der Waals surface area contributed by atoms with E-state index < -0.39 is 10.8 Å². The molecule has 168 valence electrons. The summed E-state index contributed by atoms with van der Waals surface area (Å²) < 4.78 is 10.3. The molecular weight excluding hydrogens is 430 g/mol. The molecule has 2 aliphatic rings. The molecule has 0 aliphatic carbocycles. The van der Waals surface area contributed by atoms with Gasteiger partial charge in [0.1, 0.15) is 11.4 Å². The summed E-state index contributed by atoms with van der Waals surface area (Å²) in [7, 11) is 3.02. The Bertz CT molecular complexity index is 1100. The zero-order chi connectivity index (χ0) is 23.2. The maximum Gasteiger partial charge on any atom is 0.260 e. The van der Waals surface area contributed by atoms with Gasteiger partial charge in [-0.25, -0.2) is 0 Å². The Kier molecular flexibility index (Phi) is 5.54. The summed E-state index contributed by atoms with van der Waals surface area (Å²) in [5.41, 5.74) is 2.48. The SMILES string of the molecule is COc1ccc2c(c1OC)C(=O)N1C2SC(C)(C)[C@H]1C(=O)Nc1ccc(NC(C)=O)cc1. The van der Waals surface area contributed by atoms with Crippen LogP contribution in [0.15, 0.2) is 36.4 Å². The monoisotopic (exact) mass is 455 g/mol. The molecule has 2 heterocycles. The normalized spacial score (nSPS) is 20.4. The van der Waals surface area contributed by atoms with Crippen LogP contribution in [-0.2, 0) is 9.59 Å². The molecule has 2 N–H and O–H groups in total. The van der Waals surface area contributed by atoms with Crippen LogP contribution in [0.5, 0.6) is 11.5 Å². The van der Waals surface area contributed by atoms with E-state index in [1.807, 2.05) is 19.9 Å². The summed E-state index contributed by atoms with van der Waals surface area (Å²) in [6, 6.07) is 9.80. The van der Waals surface area contributed by atoms with Gasteiger partial charge in [0, 0.05) is 28.6 Å². The average Bonchev–Trinajstić information content (AvgIpc) is 3.17. The first-order valence-electron chi connectivity index (χ1n) is 10.1. The van der Waals surface area contributed by atoms with Gasteiger partial charge >= 0.3 is 0 Å². The summed E-state index contributed by atoms with van der Waals surface area (Å²) in [5, 5.41) is 5.32. The van der Waals surface area contributed by atoms with Gasteiger partial charge in [-0.15, -0.1) is 11.8 Å². The number of ether oxygens (including phenoxy) is 2. The summed E-state index contributed by atoms with van der Waals surface area (Å²) >= 11 is 1.57. The Hall–Kier alpha value is -3.20. The van der Waals surface area contributed by atoms with Gasteiger partial charge in [-0.05, 0) is 44.2 Å². The fraction of sp³-hybridized carbons (Fsp3) is 0.348. The van der Waals surface area contributed by atoms with Crippen molar-refractivity contribution in [3.05, 3.63) is 47.5 Å². The quantitative estimate of drug-likeness (QED) is 0.714. The molecule has 0 bridgehead atoms. The second-order valence-electron chi connectivity index (χ2n) is 8.20. The number of carbonyl (C=O) groups excluding carboxylic acids is 3. The van der Waals surface area contributed by atoms with Crippen molar-refractivity contribution in [2.75, 3.05) is 24.9 Å². The molecule has 0 aromatic heterocycles. The zero-order valence-corrected chi connectivity index (χ0v) is 19.3. The van der Waals surface area contributed by atoms with E-state index in [-0.39, 0.29) is 23.1 Å². The molecule has 1 saturated heterocycles. The molecule has 2 atom stereocenters. The highest BCUT2D eigenvalue weighted by Gasteiger charge is 2.58. The number of hydrogen-bond acceptors (Lipinski definition) is 6. The Morgan fingerprint density at radius 2 is 1.62 bits per heavy atom. The average molecular weight is 456 g/mol. The fourth-order valence-corrected chi connectivity index (χ4v) is 5.89. The first-order chi connectivity index (χ1) is 15.2. The molecule has 2 aromatic rings. The molecule has 32 heavy (non-hydrogen) atoms. The van der Waals surface area contributed by atoms with Gasteiger partial charge in [0.05, 0.1) is 19.8 Å². The third-order valence-corrected chi connectivity index (χ3v) is 7.15. The van der Waals surface area contributed by atoms with E-state index in [2.05, 4.69) is 10.6 Å². The van der Waals surface area contributed by atoms with Crippen LogP contribution in [-0.4, -0.2) is 47.6 Å². The van der Waals surface area contributed by atoms with E-state index >= 15 is 0 Å². The molecule has 1 fully saturated rings. The van der Waals surface area contributed by atoms with E-state index in [1.54, 1.807) is 47.0 Å². The van der Waals surface area contributed by atoms with Gasteiger partial charge in [-0.1, -0.05) is 6.07 Å². The number of nitrogens with zero attached hydrogens (tertiary/aromatic N) is 1. The minimum absolute atomic E-state index is 0.170. The third kappa shape index (κ3) is 3.56. The number of methoxy groups -OCH3 is 2.